The van der Waals surface area contributed by atoms with Crippen molar-refractivity contribution in [3.8, 4) is 0 Å². The molecule has 1 atom stereocenters. The highest BCUT2D eigenvalue weighted by molar-refractivity contribution is 5.58. The van der Waals surface area contributed by atoms with Crippen molar-refractivity contribution in [2.45, 2.75) is 25.4 Å². The van der Waals surface area contributed by atoms with E-state index in [-0.39, 0.29) is 0 Å². The van der Waals surface area contributed by atoms with Crippen molar-refractivity contribution in [1.82, 2.24) is 0 Å². The second-order valence-corrected chi connectivity index (χ2v) is 2.09. The molecule has 1 unspecified atom stereocenters. The summed E-state index contributed by atoms with van der Waals surface area (Å²) in [6.45, 7) is 0.649. The van der Waals surface area contributed by atoms with E-state index in [2.05, 4.69) is 4.89 Å². The summed E-state index contributed by atoms with van der Waals surface area (Å²) >= 11 is 0. The molecule has 0 saturated carbocycles. The molecular formula is C6H14N2O2. The minimum absolute atomic E-state index is 0.452. The molecule has 4 heteroatoms. The molecule has 0 aliphatic heterocycles. The Bertz CT molecular complexity index is 87.8. The summed E-state index contributed by atoms with van der Waals surface area (Å²) in [6.07, 6.45) is 3.09. The predicted molar refractivity (Wildman–Crippen MR) is 39.2 cm³/mol. The third-order valence-electron chi connectivity index (χ3n) is 1.26. The molecule has 0 aliphatic carbocycles. The lowest BCUT2D eigenvalue weighted by Gasteiger charge is -2.05. The highest BCUT2D eigenvalue weighted by Gasteiger charge is 2.02. The van der Waals surface area contributed by atoms with Gasteiger partial charge in [-0.2, -0.15) is 0 Å². The fourth-order valence-electron chi connectivity index (χ4n) is 0.656. The summed E-state index contributed by atoms with van der Waals surface area (Å²) < 4.78 is 0. The van der Waals surface area contributed by atoms with Crippen LogP contribution in [0.2, 0.25) is 0 Å². The van der Waals surface area contributed by atoms with E-state index in [1.807, 2.05) is 0 Å². The molecule has 0 aromatic carbocycles. The number of rotatable bonds is 6. The van der Waals surface area contributed by atoms with Crippen LogP contribution in [-0.4, -0.2) is 24.1 Å². The smallest absolute Gasteiger partial charge is 0.127 e. The third kappa shape index (κ3) is 4.43. The lowest BCUT2D eigenvalue weighted by molar-refractivity contribution is -0.260. The monoisotopic (exact) mass is 146 g/mol. The van der Waals surface area contributed by atoms with Gasteiger partial charge in [-0.15, -0.1) is 0 Å². The van der Waals surface area contributed by atoms with Crippen molar-refractivity contribution >= 4 is 6.21 Å². The fraction of sp³-hybridized carbons (Fsp3) is 0.833. The zero-order valence-corrected chi connectivity index (χ0v) is 5.92. The Labute approximate surface area is 60.4 Å². The van der Waals surface area contributed by atoms with Gasteiger partial charge in [0.2, 0.25) is 0 Å². The number of nitrogens with one attached hydrogen (secondary N) is 1. The Morgan fingerprint density at radius 1 is 1.60 bits per heavy atom. The molecule has 0 aliphatic rings. The summed E-state index contributed by atoms with van der Waals surface area (Å²) in [5, 5.41) is 14.9. The van der Waals surface area contributed by atoms with Crippen molar-refractivity contribution in [2.75, 3.05) is 6.54 Å². The minimum atomic E-state index is -0.452. The molecule has 0 radical (unpaired) electrons. The SMILES string of the molecule is N=CC(CCCCN)OO. The van der Waals surface area contributed by atoms with Gasteiger partial charge in [0, 0.05) is 6.21 Å². The van der Waals surface area contributed by atoms with Crippen molar-refractivity contribution in [1.29, 1.82) is 5.41 Å². The van der Waals surface area contributed by atoms with Crippen LogP contribution < -0.4 is 5.73 Å². The van der Waals surface area contributed by atoms with Crippen LogP contribution in [0.5, 0.6) is 0 Å². The zero-order valence-electron chi connectivity index (χ0n) is 5.92. The first-order valence-electron chi connectivity index (χ1n) is 3.36. The fourth-order valence-corrected chi connectivity index (χ4v) is 0.656. The molecule has 4 N–H and O–H groups in total. The molecule has 0 fully saturated rings. The topological polar surface area (TPSA) is 79.3 Å². The van der Waals surface area contributed by atoms with E-state index in [9.17, 15) is 0 Å². The van der Waals surface area contributed by atoms with E-state index in [0.717, 1.165) is 19.1 Å². The van der Waals surface area contributed by atoms with E-state index < -0.39 is 6.10 Å². The molecular weight excluding hydrogens is 132 g/mol. The largest absolute Gasteiger partial charge is 0.330 e. The molecule has 60 valence electrons. The zero-order chi connectivity index (χ0) is 7.82. The summed E-state index contributed by atoms with van der Waals surface area (Å²) in [4.78, 5) is 3.96. The van der Waals surface area contributed by atoms with Crippen LogP contribution in [-0.2, 0) is 4.89 Å². The summed E-state index contributed by atoms with van der Waals surface area (Å²) in [5.41, 5.74) is 5.24. The molecule has 0 amide bonds. The van der Waals surface area contributed by atoms with Gasteiger partial charge in [-0.05, 0) is 25.8 Å². The minimum Gasteiger partial charge on any atom is -0.330 e. The van der Waals surface area contributed by atoms with E-state index in [4.69, 9.17) is 16.4 Å². The molecule has 0 rings (SSSR count). The van der Waals surface area contributed by atoms with Gasteiger partial charge >= 0.3 is 0 Å². The summed E-state index contributed by atoms with van der Waals surface area (Å²) in [6, 6.07) is 0. The predicted octanol–water partition coefficient (Wildman–Crippen LogP) is 0.623. The van der Waals surface area contributed by atoms with Crippen molar-refractivity contribution in [3.63, 3.8) is 0 Å². The average molecular weight is 146 g/mol. The van der Waals surface area contributed by atoms with Gasteiger partial charge in [0.1, 0.15) is 6.10 Å². The standard InChI is InChI=1S/C6H14N2O2/c7-4-2-1-3-6(5-8)10-9/h5-6,8-9H,1-4,7H2. The van der Waals surface area contributed by atoms with E-state index in [0.29, 0.717) is 13.0 Å². The van der Waals surface area contributed by atoms with Gasteiger partial charge in [0.15, 0.2) is 0 Å². The van der Waals surface area contributed by atoms with Gasteiger partial charge in [0.25, 0.3) is 0 Å². The normalized spacial score (nSPS) is 13.0. The first kappa shape index (κ1) is 9.55. The van der Waals surface area contributed by atoms with Crippen LogP contribution in [0.15, 0.2) is 0 Å². The second kappa shape index (κ2) is 6.67. The Balaban J connectivity index is 3.17. The number of unbranched alkanes of at least 4 members (excludes halogenated alkanes) is 1. The van der Waals surface area contributed by atoms with Crippen molar-refractivity contribution < 1.29 is 10.1 Å². The maximum Gasteiger partial charge on any atom is 0.127 e. The Kier molecular flexibility index (Phi) is 6.37. The Hall–Kier alpha value is -0.450. The van der Waals surface area contributed by atoms with Gasteiger partial charge in [-0.25, -0.2) is 4.89 Å². The van der Waals surface area contributed by atoms with Crippen molar-refractivity contribution in [3.05, 3.63) is 0 Å². The number of hydrogen-bond acceptors (Lipinski definition) is 4. The lowest BCUT2D eigenvalue weighted by Crippen LogP contribution is -2.12. The van der Waals surface area contributed by atoms with Crippen LogP contribution in [0, 0.1) is 5.41 Å². The maximum atomic E-state index is 8.14. The van der Waals surface area contributed by atoms with E-state index in [1.165, 1.54) is 0 Å². The molecule has 0 heterocycles. The highest BCUT2D eigenvalue weighted by atomic mass is 17.1. The van der Waals surface area contributed by atoms with Crippen LogP contribution in [0.3, 0.4) is 0 Å². The quantitative estimate of drug-likeness (QED) is 0.222. The van der Waals surface area contributed by atoms with Crippen LogP contribution in [0.25, 0.3) is 0 Å². The van der Waals surface area contributed by atoms with Gasteiger partial charge in [-0.3, -0.25) is 5.26 Å². The molecule has 10 heavy (non-hydrogen) atoms. The van der Waals surface area contributed by atoms with Crippen molar-refractivity contribution in [2.24, 2.45) is 5.73 Å². The van der Waals surface area contributed by atoms with Crippen LogP contribution in [0.4, 0.5) is 0 Å². The summed E-state index contributed by atoms with van der Waals surface area (Å²) in [7, 11) is 0. The Morgan fingerprint density at radius 3 is 2.70 bits per heavy atom. The Morgan fingerprint density at radius 2 is 2.30 bits per heavy atom. The van der Waals surface area contributed by atoms with Crippen LogP contribution in [0.1, 0.15) is 19.3 Å². The second-order valence-electron chi connectivity index (χ2n) is 2.09. The highest BCUT2D eigenvalue weighted by Crippen LogP contribution is 2.00. The first-order valence-corrected chi connectivity index (χ1v) is 3.36. The molecule has 0 aromatic rings. The number of nitrogens with two attached hydrogens (primary N) is 1. The number of hydrogen-bond donors (Lipinski definition) is 3. The van der Waals surface area contributed by atoms with Gasteiger partial charge in [0.05, 0.1) is 0 Å². The third-order valence-corrected chi connectivity index (χ3v) is 1.26. The van der Waals surface area contributed by atoms with E-state index >= 15 is 0 Å². The lowest BCUT2D eigenvalue weighted by atomic mass is 10.2. The molecule has 4 nitrogen and oxygen atoms in total. The van der Waals surface area contributed by atoms with Crippen LogP contribution >= 0.6 is 0 Å². The average Bonchev–Trinajstić information content (AvgIpc) is 1.99. The van der Waals surface area contributed by atoms with Gasteiger partial charge < -0.3 is 11.1 Å². The first-order chi connectivity index (χ1) is 4.85. The summed E-state index contributed by atoms with van der Waals surface area (Å²) in [5.74, 6) is 0. The maximum absolute atomic E-state index is 8.14. The molecule has 0 spiro atoms. The molecule has 0 saturated heterocycles. The van der Waals surface area contributed by atoms with E-state index in [1.54, 1.807) is 0 Å². The molecule has 0 bridgehead atoms. The van der Waals surface area contributed by atoms with Gasteiger partial charge in [-0.1, -0.05) is 0 Å². The molecule has 0 aromatic heterocycles.